The van der Waals surface area contributed by atoms with Crippen molar-refractivity contribution < 1.29 is 9.90 Å². The molecular weight excluding hydrogens is 489 g/mol. The first kappa shape index (κ1) is 24.2. The number of nitrogens with zero attached hydrogens (tertiary/aromatic N) is 2. The number of nitrogen functional groups attached to an aromatic ring is 1. The summed E-state index contributed by atoms with van der Waals surface area (Å²) in [4.78, 5) is 15.7. The summed E-state index contributed by atoms with van der Waals surface area (Å²) in [5.41, 5.74) is 11.9. The number of hydrogen-bond donors (Lipinski definition) is 2. The van der Waals surface area contributed by atoms with Crippen molar-refractivity contribution in [2.75, 3.05) is 11.5 Å². The molecule has 0 aliphatic carbocycles. The van der Waals surface area contributed by atoms with Crippen LogP contribution in [0.1, 0.15) is 39.1 Å². The number of hydrogen-bond acceptors (Lipinski definition) is 4. The molecule has 0 saturated carbocycles. The van der Waals surface area contributed by atoms with Crippen LogP contribution in [0.4, 0.5) is 5.69 Å². The molecule has 3 N–H and O–H groups in total. The van der Waals surface area contributed by atoms with Gasteiger partial charge in [0.25, 0.3) is 0 Å². The smallest absolute Gasteiger partial charge is 0.313 e. The molecule has 4 aromatic rings. The summed E-state index contributed by atoms with van der Waals surface area (Å²) in [6, 6.07) is 21.1. The van der Waals surface area contributed by atoms with Crippen LogP contribution in [0, 0.1) is 0 Å². The normalized spacial score (nSPS) is 12.9. The van der Waals surface area contributed by atoms with Gasteiger partial charge in [0.1, 0.15) is 0 Å². The molecule has 2 atom stereocenters. The SMILES string of the molecule is Cn1cncc1C(c1ccc(Cl)cc1)c1ccc(N)c(C(SCC(=O)O)c2cccc(Cl)c2)c1. The number of aromatic nitrogens is 2. The number of imidazole rings is 1. The average Bonchev–Trinajstić information content (AvgIpc) is 3.22. The van der Waals surface area contributed by atoms with Crippen LogP contribution in [-0.4, -0.2) is 26.4 Å². The summed E-state index contributed by atoms with van der Waals surface area (Å²) >= 11 is 13.7. The predicted octanol–water partition coefficient (Wildman–Crippen LogP) is 6.40. The minimum Gasteiger partial charge on any atom is -0.481 e. The second-order valence-electron chi connectivity index (χ2n) is 7.94. The number of nitrogens with two attached hydrogens (primary N) is 1. The van der Waals surface area contributed by atoms with Crippen LogP contribution in [0.15, 0.2) is 79.3 Å². The average molecular weight is 512 g/mol. The maximum atomic E-state index is 11.4. The van der Waals surface area contributed by atoms with E-state index in [-0.39, 0.29) is 16.9 Å². The number of carboxylic acids is 1. The van der Waals surface area contributed by atoms with Gasteiger partial charge in [0.15, 0.2) is 0 Å². The second kappa shape index (κ2) is 10.6. The van der Waals surface area contributed by atoms with Crippen LogP contribution in [-0.2, 0) is 11.8 Å². The van der Waals surface area contributed by atoms with E-state index in [0.717, 1.165) is 27.9 Å². The predicted molar refractivity (Wildman–Crippen MR) is 140 cm³/mol. The van der Waals surface area contributed by atoms with Crippen molar-refractivity contribution in [2.45, 2.75) is 11.2 Å². The summed E-state index contributed by atoms with van der Waals surface area (Å²) in [7, 11) is 1.96. The summed E-state index contributed by atoms with van der Waals surface area (Å²) in [6.45, 7) is 0. The van der Waals surface area contributed by atoms with E-state index >= 15 is 0 Å². The Hall–Kier alpha value is -2.93. The van der Waals surface area contributed by atoms with Crippen LogP contribution >= 0.6 is 35.0 Å². The van der Waals surface area contributed by atoms with E-state index in [4.69, 9.17) is 28.9 Å². The Morgan fingerprint density at radius 2 is 1.76 bits per heavy atom. The zero-order chi connectivity index (χ0) is 24.2. The van der Waals surface area contributed by atoms with Gasteiger partial charge in [-0.3, -0.25) is 4.79 Å². The van der Waals surface area contributed by atoms with Gasteiger partial charge in [0, 0.05) is 34.7 Å². The van der Waals surface area contributed by atoms with Crippen molar-refractivity contribution >= 4 is 46.6 Å². The molecule has 34 heavy (non-hydrogen) atoms. The summed E-state index contributed by atoms with van der Waals surface area (Å²) in [5.74, 6) is -1.07. The molecule has 0 bridgehead atoms. The quantitative estimate of drug-likeness (QED) is 0.267. The van der Waals surface area contributed by atoms with Crippen LogP contribution in [0.5, 0.6) is 0 Å². The first-order valence-corrected chi connectivity index (χ1v) is 12.3. The molecule has 0 spiro atoms. The van der Waals surface area contributed by atoms with Gasteiger partial charge in [0.05, 0.1) is 23.2 Å². The van der Waals surface area contributed by atoms with E-state index in [1.54, 1.807) is 12.4 Å². The number of aryl methyl sites for hydroxylation is 1. The Balaban J connectivity index is 1.85. The summed E-state index contributed by atoms with van der Waals surface area (Å²) in [5, 5.41) is 10.3. The zero-order valence-electron chi connectivity index (χ0n) is 18.4. The van der Waals surface area contributed by atoms with E-state index in [2.05, 4.69) is 11.1 Å². The van der Waals surface area contributed by atoms with E-state index < -0.39 is 5.97 Å². The maximum absolute atomic E-state index is 11.4. The van der Waals surface area contributed by atoms with E-state index in [1.807, 2.05) is 72.4 Å². The molecular formula is C26H23Cl2N3O2S. The molecule has 1 aromatic heterocycles. The van der Waals surface area contributed by atoms with Gasteiger partial charge in [0.2, 0.25) is 0 Å². The summed E-state index contributed by atoms with van der Waals surface area (Å²) < 4.78 is 1.99. The van der Waals surface area contributed by atoms with Crippen molar-refractivity contribution in [3.05, 3.63) is 117 Å². The molecule has 8 heteroatoms. The fourth-order valence-electron chi connectivity index (χ4n) is 4.02. The van der Waals surface area contributed by atoms with Gasteiger partial charge in [-0.25, -0.2) is 4.98 Å². The topological polar surface area (TPSA) is 81.1 Å². The van der Waals surface area contributed by atoms with E-state index in [9.17, 15) is 9.90 Å². The zero-order valence-corrected chi connectivity index (χ0v) is 20.7. The molecule has 5 nitrogen and oxygen atoms in total. The third-order valence-electron chi connectivity index (χ3n) is 5.60. The van der Waals surface area contributed by atoms with Crippen molar-refractivity contribution in [1.29, 1.82) is 0 Å². The first-order valence-electron chi connectivity index (χ1n) is 10.5. The lowest BCUT2D eigenvalue weighted by Crippen LogP contribution is -2.11. The number of halogens is 2. The fraction of sp³-hybridized carbons (Fsp3) is 0.154. The van der Waals surface area contributed by atoms with Gasteiger partial charge >= 0.3 is 5.97 Å². The molecule has 1 heterocycles. The van der Waals surface area contributed by atoms with Crippen LogP contribution in [0.2, 0.25) is 10.0 Å². The number of aliphatic carboxylic acids is 1. The molecule has 0 fully saturated rings. The molecule has 174 valence electrons. The minimum absolute atomic E-state index is 0.0663. The minimum atomic E-state index is -0.888. The lowest BCUT2D eigenvalue weighted by molar-refractivity contribution is -0.133. The Morgan fingerprint density at radius 3 is 2.41 bits per heavy atom. The molecule has 0 saturated heterocycles. The number of rotatable bonds is 8. The lowest BCUT2D eigenvalue weighted by atomic mass is 9.86. The molecule has 0 aliphatic heterocycles. The van der Waals surface area contributed by atoms with E-state index in [0.29, 0.717) is 15.7 Å². The second-order valence-corrected chi connectivity index (χ2v) is 9.91. The fourth-order valence-corrected chi connectivity index (χ4v) is 5.38. The maximum Gasteiger partial charge on any atom is 0.313 e. The molecule has 2 unspecified atom stereocenters. The van der Waals surface area contributed by atoms with Crippen molar-refractivity contribution in [3.8, 4) is 0 Å². The van der Waals surface area contributed by atoms with Crippen molar-refractivity contribution in [1.82, 2.24) is 9.55 Å². The Morgan fingerprint density at radius 1 is 1.03 bits per heavy atom. The summed E-state index contributed by atoms with van der Waals surface area (Å²) in [6.07, 6.45) is 3.62. The third kappa shape index (κ3) is 5.41. The molecule has 0 radical (unpaired) electrons. The number of carbonyl (C=O) groups is 1. The highest BCUT2D eigenvalue weighted by molar-refractivity contribution is 8.00. The molecule has 4 rings (SSSR count). The Labute approximate surface area is 212 Å². The molecule has 0 aliphatic rings. The first-order chi connectivity index (χ1) is 16.3. The van der Waals surface area contributed by atoms with Crippen molar-refractivity contribution in [2.24, 2.45) is 7.05 Å². The number of benzene rings is 3. The van der Waals surface area contributed by atoms with Gasteiger partial charge in [-0.2, -0.15) is 0 Å². The van der Waals surface area contributed by atoms with Crippen LogP contribution < -0.4 is 5.73 Å². The van der Waals surface area contributed by atoms with Gasteiger partial charge in [-0.15, -0.1) is 11.8 Å². The molecule has 0 amide bonds. The van der Waals surface area contributed by atoms with Gasteiger partial charge in [-0.1, -0.05) is 59.6 Å². The van der Waals surface area contributed by atoms with Gasteiger partial charge in [-0.05, 0) is 52.6 Å². The highest BCUT2D eigenvalue weighted by atomic mass is 35.5. The highest BCUT2D eigenvalue weighted by Gasteiger charge is 2.24. The van der Waals surface area contributed by atoms with Crippen molar-refractivity contribution in [3.63, 3.8) is 0 Å². The van der Waals surface area contributed by atoms with Crippen LogP contribution in [0.3, 0.4) is 0 Å². The number of thioether (sulfide) groups is 1. The molecule has 3 aromatic carbocycles. The number of anilines is 1. The largest absolute Gasteiger partial charge is 0.481 e. The van der Waals surface area contributed by atoms with Crippen LogP contribution in [0.25, 0.3) is 0 Å². The highest BCUT2D eigenvalue weighted by Crippen LogP contribution is 2.42. The number of carboxylic acid groups (broad SMARTS) is 1. The van der Waals surface area contributed by atoms with Gasteiger partial charge < -0.3 is 15.4 Å². The van der Waals surface area contributed by atoms with E-state index in [1.165, 1.54) is 11.8 Å². The Kier molecular flexibility index (Phi) is 7.51. The Bertz CT molecular complexity index is 1310. The standard InChI is InChI=1S/C26H23Cl2N3O2S/c1-31-15-30-13-23(31)25(16-5-8-19(27)9-6-16)17-7-10-22(29)21(12-17)26(34-14-24(32)33)18-3-2-4-20(28)11-18/h2-13,15,25-26H,14,29H2,1H3,(H,32,33). The lowest BCUT2D eigenvalue weighted by Gasteiger charge is -2.24. The monoisotopic (exact) mass is 511 g/mol. The third-order valence-corrected chi connectivity index (χ3v) is 7.36.